The first kappa shape index (κ1) is 16.4. The van der Waals surface area contributed by atoms with E-state index in [0.717, 1.165) is 40.4 Å². The summed E-state index contributed by atoms with van der Waals surface area (Å²) in [6, 6.07) is 16.2. The molecule has 0 radical (unpaired) electrons. The van der Waals surface area contributed by atoms with Gasteiger partial charge in [0.15, 0.2) is 0 Å². The Bertz CT molecular complexity index is 1130. The van der Waals surface area contributed by atoms with Gasteiger partial charge in [0.05, 0.1) is 11.2 Å². The predicted molar refractivity (Wildman–Crippen MR) is 109 cm³/mol. The Balaban J connectivity index is 1.73. The van der Waals surface area contributed by atoms with Crippen LogP contribution in [0.4, 0.5) is 5.69 Å². The summed E-state index contributed by atoms with van der Waals surface area (Å²) in [5.41, 5.74) is 12.6. The van der Waals surface area contributed by atoms with Gasteiger partial charge in [-0.1, -0.05) is 29.8 Å². The van der Waals surface area contributed by atoms with Crippen molar-refractivity contribution < 1.29 is 5.11 Å². The zero-order valence-electron chi connectivity index (χ0n) is 15.1. The average molecular weight is 342 g/mol. The number of nitrogens with zero attached hydrogens (tertiary/aromatic N) is 1. The highest BCUT2D eigenvalue weighted by molar-refractivity contribution is 6.11. The maximum Gasteiger partial charge on any atom is 0.115 e. The molecule has 0 aliphatic carbocycles. The zero-order valence-corrected chi connectivity index (χ0v) is 15.1. The Morgan fingerprint density at radius 1 is 0.923 bits per heavy atom. The van der Waals surface area contributed by atoms with Crippen molar-refractivity contribution in [3.63, 3.8) is 0 Å². The van der Waals surface area contributed by atoms with Crippen LogP contribution in [-0.4, -0.2) is 10.1 Å². The van der Waals surface area contributed by atoms with Gasteiger partial charge in [0.1, 0.15) is 5.75 Å². The summed E-state index contributed by atoms with van der Waals surface area (Å²) in [5.74, 6) is 0.316. The fourth-order valence-corrected chi connectivity index (χ4v) is 3.60. The Kier molecular flexibility index (Phi) is 4.00. The van der Waals surface area contributed by atoms with Gasteiger partial charge in [-0.25, -0.2) is 0 Å². The van der Waals surface area contributed by atoms with Crippen LogP contribution in [0.1, 0.15) is 22.3 Å². The minimum atomic E-state index is 0.316. The van der Waals surface area contributed by atoms with E-state index in [1.165, 1.54) is 22.1 Å². The van der Waals surface area contributed by atoms with Crippen LogP contribution in [0.3, 0.4) is 0 Å². The molecule has 0 bridgehead atoms. The summed E-state index contributed by atoms with van der Waals surface area (Å²) in [7, 11) is 0. The lowest BCUT2D eigenvalue weighted by atomic mass is 9.98. The summed E-state index contributed by atoms with van der Waals surface area (Å²) < 4.78 is 0. The topological polar surface area (TPSA) is 59.1 Å². The van der Waals surface area contributed by atoms with Crippen LogP contribution in [0.15, 0.2) is 54.7 Å². The first-order valence-corrected chi connectivity index (χ1v) is 8.87. The summed E-state index contributed by atoms with van der Waals surface area (Å²) >= 11 is 0. The van der Waals surface area contributed by atoms with Gasteiger partial charge in [0.25, 0.3) is 0 Å². The average Bonchev–Trinajstić information content (AvgIpc) is 2.60. The molecule has 0 atom stereocenters. The van der Waals surface area contributed by atoms with Gasteiger partial charge in [0, 0.05) is 11.6 Å². The molecule has 0 amide bonds. The molecule has 130 valence electrons. The van der Waals surface area contributed by atoms with E-state index in [1.54, 1.807) is 6.07 Å². The molecule has 3 N–H and O–H groups in total. The number of aromatic hydroxyl groups is 1. The van der Waals surface area contributed by atoms with Crippen LogP contribution >= 0.6 is 0 Å². The van der Waals surface area contributed by atoms with Crippen LogP contribution in [-0.2, 0) is 12.8 Å². The maximum absolute atomic E-state index is 9.57. The lowest BCUT2D eigenvalue weighted by Crippen LogP contribution is -1.97. The van der Waals surface area contributed by atoms with Gasteiger partial charge in [0.2, 0.25) is 0 Å². The molecule has 0 saturated heterocycles. The molecule has 0 aliphatic rings. The third-order valence-electron chi connectivity index (χ3n) is 5.04. The number of aryl methyl sites for hydroxylation is 4. The Morgan fingerprint density at radius 2 is 1.77 bits per heavy atom. The highest BCUT2D eigenvalue weighted by Gasteiger charge is 2.08. The zero-order chi connectivity index (χ0) is 18.3. The van der Waals surface area contributed by atoms with E-state index in [0.29, 0.717) is 5.75 Å². The van der Waals surface area contributed by atoms with Crippen LogP contribution in [0.5, 0.6) is 5.75 Å². The SMILES string of the molecule is Cc1ccc2c(c1)cc(N)c1ncc(CCc3ccc(O)cc3C)cc12. The molecule has 3 heteroatoms. The second-order valence-electron chi connectivity index (χ2n) is 7.04. The number of fused-ring (bicyclic) bond motifs is 3. The van der Waals surface area contributed by atoms with E-state index < -0.39 is 0 Å². The first-order valence-electron chi connectivity index (χ1n) is 8.87. The standard InChI is InChI=1S/C23H22N2O/c1-14-3-8-20-18(9-14)12-22(24)23-21(20)11-16(13-25-23)4-5-17-6-7-19(26)10-15(17)2/h3,6-13,26H,4-5,24H2,1-2H3. The summed E-state index contributed by atoms with van der Waals surface area (Å²) in [4.78, 5) is 4.64. The summed E-state index contributed by atoms with van der Waals surface area (Å²) in [6.07, 6.45) is 3.74. The molecule has 0 fully saturated rings. The Morgan fingerprint density at radius 3 is 2.58 bits per heavy atom. The molecule has 0 aliphatic heterocycles. The molecule has 1 aromatic heterocycles. The van der Waals surface area contributed by atoms with Crippen molar-refractivity contribution in [2.75, 3.05) is 5.73 Å². The van der Waals surface area contributed by atoms with E-state index in [1.807, 2.05) is 31.3 Å². The normalized spacial score (nSPS) is 11.3. The number of pyridine rings is 1. The van der Waals surface area contributed by atoms with Gasteiger partial charge < -0.3 is 10.8 Å². The summed E-state index contributed by atoms with van der Waals surface area (Å²) in [6.45, 7) is 4.12. The molecule has 26 heavy (non-hydrogen) atoms. The van der Waals surface area contributed by atoms with Crippen molar-refractivity contribution in [1.29, 1.82) is 0 Å². The van der Waals surface area contributed by atoms with Gasteiger partial charge in [-0.15, -0.1) is 0 Å². The van der Waals surface area contributed by atoms with Crippen LogP contribution < -0.4 is 5.73 Å². The van der Waals surface area contributed by atoms with Gasteiger partial charge in [-0.2, -0.15) is 0 Å². The number of nitrogens with two attached hydrogens (primary N) is 1. The minimum absolute atomic E-state index is 0.316. The highest BCUT2D eigenvalue weighted by Crippen LogP contribution is 2.30. The maximum atomic E-state index is 9.57. The second kappa shape index (κ2) is 6.34. The predicted octanol–water partition coefficient (Wildman–Crippen LogP) is 5.08. The lowest BCUT2D eigenvalue weighted by Gasteiger charge is -2.10. The summed E-state index contributed by atoms with van der Waals surface area (Å²) in [5, 5.41) is 13.0. The molecular weight excluding hydrogens is 320 g/mol. The van der Waals surface area contributed by atoms with Crippen LogP contribution in [0.2, 0.25) is 0 Å². The third kappa shape index (κ3) is 2.97. The number of hydrogen-bond acceptors (Lipinski definition) is 3. The molecule has 1 heterocycles. The molecule has 0 spiro atoms. The van der Waals surface area contributed by atoms with E-state index in [2.05, 4.69) is 36.2 Å². The molecule has 3 aromatic carbocycles. The quantitative estimate of drug-likeness (QED) is 0.403. The molecule has 4 rings (SSSR count). The van der Waals surface area contributed by atoms with Gasteiger partial charge >= 0.3 is 0 Å². The third-order valence-corrected chi connectivity index (χ3v) is 5.04. The number of aromatic nitrogens is 1. The molecule has 4 aromatic rings. The number of anilines is 1. The van der Waals surface area contributed by atoms with Crippen LogP contribution in [0.25, 0.3) is 21.7 Å². The van der Waals surface area contributed by atoms with E-state index in [4.69, 9.17) is 5.73 Å². The van der Waals surface area contributed by atoms with E-state index in [-0.39, 0.29) is 0 Å². The fraction of sp³-hybridized carbons (Fsp3) is 0.174. The van der Waals surface area contributed by atoms with Crippen molar-refractivity contribution in [2.24, 2.45) is 0 Å². The number of phenols is 1. The second-order valence-corrected chi connectivity index (χ2v) is 7.04. The van der Waals surface area contributed by atoms with Crippen molar-refractivity contribution in [1.82, 2.24) is 4.98 Å². The van der Waals surface area contributed by atoms with Crippen LogP contribution in [0, 0.1) is 13.8 Å². The van der Waals surface area contributed by atoms with E-state index in [9.17, 15) is 5.11 Å². The number of nitrogen functional groups attached to an aromatic ring is 1. The molecule has 0 saturated carbocycles. The Hall–Kier alpha value is -3.07. The minimum Gasteiger partial charge on any atom is -0.508 e. The van der Waals surface area contributed by atoms with Crippen molar-refractivity contribution >= 4 is 27.4 Å². The van der Waals surface area contributed by atoms with Crippen molar-refractivity contribution in [3.8, 4) is 5.75 Å². The molecular formula is C23H22N2O. The molecule has 3 nitrogen and oxygen atoms in total. The largest absolute Gasteiger partial charge is 0.508 e. The van der Waals surface area contributed by atoms with E-state index >= 15 is 0 Å². The van der Waals surface area contributed by atoms with Gasteiger partial charge in [-0.05, 0) is 78.4 Å². The lowest BCUT2D eigenvalue weighted by molar-refractivity contribution is 0.474. The monoisotopic (exact) mass is 342 g/mol. The van der Waals surface area contributed by atoms with Crippen molar-refractivity contribution in [2.45, 2.75) is 26.7 Å². The van der Waals surface area contributed by atoms with Crippen molar-refractivity contribution in [3.05, 3.63) is 77.0 Å². The number of rotatable bonds is 3. The first-order chi connectivity index (χ1) is 12.5. The number of benzene rings is 3. The van der Waals surface area contributed by atoms with Gasteiger partial charge in [-0.3, -0.25) is 4.98 Å². The highest BCUT2D eigenvalue weighted by atomic mass is 16.3. The fourth-order valence-electron chi connectivity index (χ4n) is 3.60. The number of hydrogen-bond donors (Lipinski definition) is 2. The number of phenolic OH excluding ortho intramolecular Hbond substituents is 1. The molecule has 0 unspecified atom stereocenters. The Labute approximate surface area is 153 Å². The smallest absolute Gasteiger partial charge is 0.115 e.